The molecule has 1 aliphatic rings. The van der Waals surface area contributed by atoms with E-state index in [0.717, 1.165) is 35.8 Å². The number of aryl methyl sites for hydroxylation is 1. The summed E-state index contributed by atoms with van der Waals surface area (Å²) in [6, 6.07) is 8.18. The third-order valence-corrected chi connectivity index (χ3v) is 6.03. The maximum absolute atomic E-state index is 6.31. The van der Waals surface area contributed by atoms with Crippen LogP contribution in [-0.4, -0.2) is 16.7 Å². The largest absolute Gasteiger partial charge is 0.497 e. The van der Waals surface area contributed by atoms with E-state index in [2.05, 4.69) is 74.0 Å². The molecule has 1 aromatic carbocycles. The van der Waals surface area contributed by atoms with Crippen molar-refractivity contribution < 1.29 is 4.74 Å². The second-order valence-corrected chi connectivity index (χ2v) is 9.08. The van der Waals surface area contributed by atoms with Crippen LogP contribution in [0.3, 0.4) is 0 Å². The van der Waals surface area contributed by atoms with Gasteiger partial charge in [-0.05, 0) is 66.3 Å². The average molecular weight is 495 g/mol. The number of imidazole rings is 1. The highest BCUT2D eigenvalue weighted by molar-refractivity contribution is 6.35. The van der Waals surface area contributed by atoms with E-state index >= 15 is 0 Å². The maximum atomic E-state index is 6.31. The van der Waals surface area contributed by atoms with Crippen LogP contribution in [0.15, 0.2) is 83.1 Å². The molecule has 1 atom stereocenters. The van der Waals surface area contributed by atoms with Crippen molar-refractivity contribution in [3.8, 4) is 5.75 Å². The lowest BCUT2D eigenvalue weighted by Gasteiger charge is -2.06. The van der Waals surface area contributed by atoms with Crippen molar-refractivity contribution >= 4 is 40.4 Å². The summed E-state index contributed by atoms with van der Waals surface area (Å²) in [5.41, 5.74) is 4.37. The predicted molar refractivity (Wildman–Crippen MR) is 147 cm³/mol. The number of nitrogens with zero attached hydrogens (tertiary/aromatic N) is 2. The molecular weight excluding hydrogens is 463 g/mol. The molecule has 1 unspecified atom stereocenters. The van der Waals surface area contributed by atoms with Crippen LogP contribution in [0, 0.1) is 5.92 Å². The molecule has 0 N–H and O–H groups in total. The number of benzene rings is 1. The summed E-state index contributed by atoms with van der Waals surface area (Å²) in [5.74, 6) is 2.04. The normalized spacial score (nSPS) is 15.8. The zero-order chi connectivity index (χ0) is 24.5. The van der Waals surface area contributed by atoms with Crippen molar-refractivity contribution in [3.05, 3.63) is 100 Å². The summed E-state index contributed by atoms with van der Waals surface area (Å²) in [5, 5.41) is 1.33. The number of aromatic nitrogens is 2. The summed E-state index contributed by atoms with van der Waals surface area (Å²) in [6.07, 6.45) is 20.2. The smallest absolute Gasteiger partial charge is 0.133 e. The van der Waals surface area contributed by atoms with Gasteiger partial charge in [0.25, 0.3) is 0 Å². The molecular formula is C29H32Cl2N2O. The quantitative estimate of drug-likeness (QED) is 0.326. The highest BCUT2D eigenvalue weighted by atomic mass is 35.5. The minimum atomic E-state index is 0.250. The lowest BCUT2D eigenvalue weighted by Crippen LogP contribution is -1.95. The van der Waals surface area contributed by atoms with E-state index < -0.39 is 0 Å². The van der Waals surface area contributed by atoms with Gasteiger partial charge in [0.05, 0.1) is 12.8 Å². The van der Waals surface area contributed by atoms with Gasteiger partial charge in [0.2, 0.25) is 0 Å². The highest BCUT2D eigenvalue weighted by Gasteiger charge is 2.12. The van der Waals surface area contributed by atoms with Crippen LogP contribution in [0.5, 0.6) is 5.75 Å². The van der Waals surface area contributed by atoms with Gasteiger partial charge in [0.15, 0.2) is 0 Å². The summed E-state index contributed by atoms with van der Waals surface area (Å²) in [4.78, 5) is 4.87. The lowest BCUT2D eigenvalue weighted by molar-refractivity contribution is 0.415. The zero-order valence-electron chi connectivity index (χ0n) is 20.3. The van der Waals surface area contributed by atoms with Crippen molar-refractivity contribution in [2.45, 2.75) is 40.2 Å². The van der Waals surface area contributed by atoms with E-state index in [4.69, 9.17) is 32.9 Å². The topological polar surface area (TPSA) is 27.1 Å². The molecule has 0 saturated carbocycles. The van der Waals surface area contributed by atoms with E-state index in [1.165, 1.54) is 11.1 Å². The van der Waals surface area contributed by atoms with Crippen LogP contribution in [0.2, 0.25) is 0 Å². The maximum Gasteiger partial charge on any atom is 0.133 e. The third kappa shape index (κ3) is 7.12. The summed E-state index contributed by atoms with van der Waals surface area (Å²) < 4.78 is 7.43. The first kappa shape index (κ1) is 25.9. The Morgan fingerprint density at radius 1 is 1.15 bits per heavy atom. The Morgan fingerprint density at radius 3 is 2.59 bits per heavy atom. The average Bonchev–Trinajstić information content (AvgIpc) is 3.17. The molecule has 0 saturated heterocycles. The minimum absolute atomic E-state index is 0.250. The van der Waals surface area contributed by atoms with Gasteiger partial charge in [0, 0.05) is 29.2 Å². The fourth-order valence-electron chi connectivity index (χ4n) is 3.66. The van der Waals surface area contributed by atoms with Crippen molar-refractivity contribution in [2.24, 2.45) is 5.92 Å². The Balaban J connectivity index is 1.75. The molecule has 1 heterocycles. The number of rotatable bonds is 9. The summed E-state index contributed by atoms with van der Waals surface area (Å²) in [6.45, 7) is 7.29. The lowest BCUT2D eigenvalue weighted by atomic mass is 10.0. The van der Waals surface area contributed by atoms with Gasteiger partial charge in [-0.1, -0.05) is 79.6 Å². The van der Waals surface area contributed by atoms with Crippen LogP contribution in [0.1, 0.15) is 50.7 Å². The van der Waals surface area contributed by atoms with Gasteiger partial charge < -0.3 is 9.30 Å². The molecule has 5 heteroatoms. The standard InChI is InChI=1S/C29H32Cl2N2O/c1-5-7-22(23-12-15-27(34-4)16-13-23)10-8-21(3)9-17-29-32-28(20-33(29)6-2)24-11-14-25(30)19-26(31)18-24/h7-17,19-21H,5-6,18H2,1-4H3/b10-8-,17-9+,22-7+. The molecule has 1 aromatic heterocycles. The molecule has 3 rings (SSSR count). The number of halogens is 2. The predicted octanol–water partition coefficient (Wildman–Crippen LogP) is 8.64. The van der Waals surface area contributed by atoms with Crippen LogP contribution in [-0.2, 0) is 6.54 Å². The van der Waals surface area contributed by atoms with Crippen LogP contribution in [0.25, 0.3) is 17.2 Å². The summed E-state index contributed by atoms with van der Waals surface area (Å²) >= 11 is 12.5. The second kappa shape index (κ2) is 12.6. The van der Waals surface area contributed by atoms with Gasteiger partial charge >= 0.3 is 0 Å². The fraction of sp³-hybridized carbons (Fsp3) is 0.276. The van der Waals surface area contributed by atoms with E-state index in [-0.39, 0.29) is 5.92 Å². The molecule has 1 aliphatic carbocycles. The second-order valence-electron chi connectivity index (χ2n) is 8.16. The van der Waals surface area contributed by atoms with Gasteiger partial charge in [0.1, 0.15) is 11.6 Å². The Labute approximate surface area is 213 Å². The molecule has 0 bridgehead atoms. The number of hydrogen-bond donors (Lipinski definition) is 0. The van der Waals surface area contributed by atoms with Crippen LogP contribution in [0.4, 0.5) is 0 Å². The number of methoxy groups -OCH3 is 1. The van der Waals surface area contributed by atoms with E-state index in [1.807, 2.05) is 24.3 Å². The monoisotopic (exact) mass is 494 g/mol. The molecule has 3 nitrogen and oxygen atoms in total. The number of ether oxygens (including phenoxy) is 1. The first-order valence-corrected chi connectivity index (χ1v) is 12.4. The zero-order valence-corrected chi connectivity index (χ0v) is 21.8. The van der Waals surface area contributed by atoms with Crippen molar-refractivity contribution in [1.29, 1.82) is 0 Å². The first-order chi connectivity index (χ1) is 16.4. The van der Waals surface area contributed by atoms with Crippen LogP contribution >= 0.6 is 23.2 Å². The van der Waals surface area contributed by atoms with Gasteiger partial charge in [-0.2, -0.15) is 0 Å². The van der Waals surface area contributed by atoms with E-state index in [1.54, 1.807) is 13.2 Å². The molecule has 0 aliphatic heterocycles. The van der Waals surface area contributed by atoms with E-state index in [0.29, 0.717) is 16.5 Å². The van der Waals surface area contributed by atoms with E-state index in [9.17, 15) is 0 Å². The molecule has 0 amide bonds. The Hall–Kier alpha value is -2.75. The van der Waals surface area contributed by atoms with Gasteiger partial charge in [-0.15, -0.1) is 0 Å². The fourth-order valence-corrected chi connectivity index (χ4v) is 4.17. The molecule has 0 spiro atoms. The molecule has 0 fully saturated rings. The van der Waals surface area contributed by atoms with Crippen molar-refractivity contribution in [3.63, 3.8) is 0 Å². The first-order valence-electron chi connectivity index (χ1n) is 11.6. The molecule has 2 aromatic rings. The minimum Gasteiger partial charge on any atom is -0.497 e. The highest BCUT2D eigenvalue weighted by Crippen LogP contribution is 2.29. The van der Waals surface area contributed by atoms with Gasteiger partial charge in [-0.25, -0.2) is 4.98 Å². The summed E-state index contributed by atoms with van der Waals surface area (Å²) in [7, 11) is 1.69. The van der Waals surface area contributed by atoms with Crippen molar-refractivity contribution in [1.82, 2.24) is 9.55 Å². The number of allylic oxidation sites excluding steroid dienone is 11. The third-order valence-electron chi connectivity index (χ3n) is 5.55. The molecule has 178 valence electrons. The van der Waals surface area contributed by atoms with Crippen LogP contribution < -0.4 is 4.74 Å². The Bertz CT molecular complexity index is 1160. The number of hydrogen-bond acceptors (Lipinski definition) is 2. The Morgan fingerprint density at radius 2 is 1.91 bits per heavy atom. The molecule has 34 heavy (non-hydrogen) atoms. The molecule has 0 radical (unpaired) electrons. The van der Waals surface area contributed by atoms with Crippen molar-refractivity contribution in [2.75, 3.05) is 7.11 Å². The SMILES string of the molecule is CC/C=C(\C=C/C(C)/C=C/c1nc(C2=CC=C(Cl)C=C(Cl)C2)cn1CC)c1ccc(OC)cc1. The van der Waals surface area contributed by atoms with Gasteiger partial charge in [-0.3, -0.25) is 0 Å². The Kier molecular flexibility index (Phi) is 9.62.